The van der Waals surface area contributed by atoms with Gasteiger partial charge in [0.2, 0.25) is 5.91 Å². The van der Waals surface area contributed by atoms with Crippen molar-refractivity contribution in [3.63, 3.8) is 0 Å². The van der Waals surface area contributed by atoms with E-state index in [1.54, 1.807) is 0 Å². The molecular weight excluding hydrogens is 212 g/mol. The van der Waals surface area contributed by atoms with Crippen molar-refractivity contribution in [2.75, 3.05) is 13.1 Å². The van der Waals surface area contributed by atoms with Gasteiger partial charge in [-0.1, -0.05) is 30.3 Å². The standard InChI is InChI=1S/C14H20N2O/c1-11(2)16(14(17)13-8-15-9-13)10-12-6-4-3-5-7-12/h3-7,11,13,15H,8-10H2,1-2H3. The summed E-state index contributed by atoms with van der Waals surface area (Å²) in [6.07, 6.45) is 0. The number of hydrogen-bond donors (Lipinski definition) is 1. The number of rotatable bonds is 4. The minimum atomic E-state index is 0.182. The highest BCUT2D eigenvalue weighted by atomic mass is 16.2. The second kappa shape index (κ2) is 5.32. The third kappa shape index (κ3) is 2.86. The second-order valence-electron chi connectivity index (χ2n) is 4.90. The number of nitrogens with zero attached hydrogens (tertiary/aromatic N) is 1. The van der Waals surface area contributed by atoms with Crippen LogP contribution in [0.5, 0.6) is 0 Å². The number of nitrogens with one attached hydrogen (secondary N) is 1. The molecule has 0 atom stereocenters. The lowest BCUT2D eigenvalue weighted by Crippen LogP contribution is -2.53. The molecule has 92 valence electrons. The molecule has 0 radical (unpaired) electrons. The maximum atomic E-state index is 12.3. The van der Waals surface area contributed by atoms with Crippen LogP contribution in [0.15, 0.2) is 30.3 Å². The lowest BCUT2D eigenvalue weighted by Gasteiger charge is -2.34. The number of carbonyl (C=O) groups is 1. The Balaban J connectivity index is 2.04. The van der Waals surface area contributed by atoms with Crippen molar-refractivity contribution in [1.82, 2.24) is 10.2 Å². The van der Waals surface area contributed by atoms with E-state index in [0.717, 1.165) is 13.1 Å². The van der Waals surface area contributed by atoms with Crippen molar-refractivity contribution in [3.8, 4) is 0 Å². The van der Waals surface area contributed by atoms with Crippen molar-refractivity contribution in [3.05, 3.63) is 35.9 Å². The van der Waals surface area contributed by atoms with Gasteiger partial charge in [-0.3, -0.25) is 4.79 Å². The molecule has 0 spiro atoms. The molecule has 2 rings (SSSR count). The molecule has 1 aromatic carbocycles. The third-order valence-corrected chi connectivity index (χ3v) is 3.23. The molecule has 3 heteroatoms. The van der Waals surface area contributed by atoms with Crippen molar-refractivity contribution in [2.24, 2.45) is 5.92 Å². The van der Waals surface area contributed by atoms with Crippen LogP contribution >= 0.6 is 0 Å². The Labute approximate surface area is 103 Å². The van der Waals surface area contributed by atoms with Gasteiger partial charge in [0.15, 0.2) is 0 Å². The highest BCUT2D eigenvalue weighted by Gasteiger charge is 2.30. The molecule has 0 unspecified atom stereocenters. The van der Waals surface area contributed by atoms with Crippen LogP contribution in [0.4, 0.5) is 0 Å². The van der Waals surface area contributed by atoms with Gasteiger partial charge in [-0.25, -0.2) is 0 Å². The van der Waals surface area contributed by atoms with Gasteiger partial charge in [0.25, 0.3) is 0 Å². The van der Waals surface area contributed by atoms with Crippen molar-refractivity contribution in [2.45, 2.75) is 26.4 Å². The zero-order valence-electron chi connectivity index (χ0n) is 10.5. The molecule has 1 aromatic rings. The number of benzene rings is 1. The summed E-state index contributed by atoms with van der Waals surface area (Å²) in [5.41, 5.74) is 1.20. The lowest BCUT2D eigenvalue weighted by molar-refractivity contribution is -0.139. The monoisotopic (exact) mass is 232 g/mol. The number of amides is 1. The van der Waals surface area contributed by atoms with Crippen LogP contribution in [0.1, 0.15) is 19.4 Å². The van der Waals surface area contributed by atoms with Crippen LogP contribution in [0.25, 0.3) is 0 Å². The molecule has 0 saturated carbocycles. The van der Waals surface area contributed by atoms with Gasteiger partial charge in [0.05, 0.1) is 5.92 Å². The van der Waals surface area contributed by atoms with Gasteiger partial charge >= 0.3 is 0 Å². The summed E-state index contributed by atoms with van der Waals surface area (Å²) in [4.78, 5) is 14.2. The van der Waals surface area contributed by atoms with E-state index < -0.39 is 0 Å². The molecule has 0 aromatic heterocycles. The maximum absolute atomic E-state index is 12.3. The van der Waals surface area contributed by atoms with Crippen LogP contribution in [0, 0.1) is 5.92 Å². The van der Waals surface area contributed by atoms with E-state index in [4.69, 9.17) is 0 Å². The van der Waals surface area contributed by atoms with Gasteiger partial charge < -0.3 is 10.2 Å². The summed E-state index contributed by atoms with van der Waals surface area (Å²) in [7, 11) is 0. The summed E-state index contributed by atoms with van der Waals surface area (Å²) in [6.45, 7) is 6.53. The summed E-state index contributed by atoms with van der Waals surface area (Å²) in [5.74, 6) is 0.462. The smallest absolute Gasteiger partial charge is 0.228 e. The van der Waals surface area contributed by atoms with Crippen LogP contribution in [-0.2, 0) is 11.3 Å². The molecule has 3 nitrogen and oxygen atoms in total. The molecule has 1 fully saturated rings. The summed E-state index contributed by atoms with van der Waals surface area (Å²) in [6, 6.07) is 10.4. The fourth-order valence-electron chi connectivity index (χ4n) is 1.99. The quantitative estimate of drug-likeness (QED) is 0.856. The SMILES string of the molecule is CC(C)N(Cc1ccccc1)C(=O)C1CNC1. The van der Waals surface area contributed by atoms with Gasteiger partial charge in [-0.05, 0) is 19.4 Å². The normalized spacial score (nSPS) is 15.7. The first-order valence-electron chi connectivity index (χ1n) is 6.23. The van der Waals surface area contributed by atoms with Crippen LogP contribution in [-0.4, -0.2) is 29.9 Å². The Morgan fingerprint density at radius 3 is 2.47 bits per heavy atom. The fraction of sp³-hybridized carbons (Fsp3) is 0.500. The van der Waals surface area contributed by atoms with Gasteiger partial charge in [-0.2, -0.15) is 0 Å². The molecule has 1 saturated heterocycles. The molecule has 17 heavy (non-hydrogen) atoms. The van der Waals surface area contributed by atoms with Crippen LogP contribution in [0.2, 0.25) is 0 Å². The van der Waals surface area contributed by atoms with E-state index in [1.165, 1.54) is 5.56 Å². The van der Waals surface area contributed by atoms with Gasteiger partial charge in [-0.15, -0.1) is 0 Å². The summed E-state index contributed by atoms with van der Waals surface area (Å²) in [5, 5.41) is 3.15. The average Bonchev–Trinajstić information content (AvgIpc) is 2.24. The maximum Gasteiger partial charge on any atom is 0.228 e. The summed E-state index contributed by atoms with van der Waals surface area (Å²) >= 11 is 0. The van der Waals surface area contributed by atoms with E-state index >= 15 is 0 Å². The zero-order chi connectivity index (χ0) is 12.3. The van der Waals surface area contributed by atoms with E-state index in [9.17, 15) is 4.79 Å². The Bertz CT molecular complexity index is 371. The van der Waals surface area contributed by atoms with Crippen LogP contribution in [0.3, 0.4) is 0 Å². The molecule has 1 aliphatic heterocycles. The zero-order valence-corrected chi connectivity index (χ0v) is 10.5. The second-order valence-corrected chi connectivity index (χ2v) is 4.90. The molecule has 1 heterocycles. The fourth-order valence-corrected chi connectivity index (χ4v) is 1.99. The molecule has 0 aliphatic carbocycles. The number of hydrogen-bond acceptors (Lipinski definition) is 2. The highest BCUT2D eigenvalue weighted by molar-refractivity contribution is 5.80. The Morgan fingerprint density at radius 2 is 2.00 bits per heavy atom. The average molecular weight is 232 g/mol. The van der Waals surface area contributed by atoms with Gasteiger partial charge in [0, 0.05) is 25.7 Å². The van der Waals surface area contributed by atoms with E-state index in [2.05, 4.69) is 31.3 Å². The van der Waals surface area contributed by atoms with Crippen molar-refractivity contribution in [1.29, 1.82) is 0 Å². The first-order valence-corrected chi connectivity index (χ1v) is 6.23. The first kappa shape index (κ1) is 12.1. The largest absolute Gasteiger partial charge is 0.336 e. The Morgan fingerprint density at radius 1 is 1.35 bits per heavy atom. The van der Waals surface area contributed by atoms with Gasteiger partial charge in [0.1, 0.15) is 0 Å². The highest BCUT2D eigenvalue weighted by Crippen LogP contribution is 2.14. The lowest BCUT2D eigenvalue weighted by atomic mass is 10.0. The minimum absolute atomic E-state index is 0.182. The van der Waals surface area contributed by atoms with Crippen molar-refractivity contribution >= 4 is 5.91 Å². The van der Waals surface area contributed by atoms with E-state index in [1.807, 2.05) is 23.1 Å². The summed E-state index contributed by atoms with van der Waals surface area (Å²) < 4.78 is 0. The van der Waals surface area contributed by atoms with Crippen molar-refractivity contribution < 1.29 is 4.79 Å². The third-order valence-electron chi connectivity index (χ3n) is 3.23. The molecule has 1 amide bonds. The predicted octanol–water partition coefficient (Wildman–Crippen LogP) is 1.64. The first-order chi connectivity index (χ1) is 8.18. The Kier molecular flexibility index (Phi) is 3.79. The number of carbonyl (C=O) groups excluding carboxylic acids is 1. The van der Waals surface area contributed by atoms with Crippen LogP contribution < -0.4 is 5.32 Å². The minimum Gasteiger partial charge on any atom is -0.336 e. The van der Waals surface area contributed by atoms with E-state index in [-0.39, 0.29) is 17.9 Å². The van der Waals surface area contributed by atoms with E-state index in [0.29, 0.717) is 6.54 Å². The predicted molar refractivity (Wildman–Crippen MR) is 68.5 cm³/mol. The molecular formula is C14H20N2O. The topological polar surface area (TPSA) is 32.3 Å². The molecule has 0 bridgehead atoms. The Hall–Kier alpha value is -1.35. The molecule has 1 aliphatic rings. The molecule has 1 N–H and O–H groups in total.